The molecule has 2 aromatic rings. The molecule has 0 aliphatic rings. The summed E-state index contributed by atoms with van der Waals surface area (Å²) < 4.78 is 0.533. The summed E-state index contributed by atoms with van der Waals surface area (Å²) in [5.74, 6) is 0. The molecule has 76 valence electrons. The van der Waals surface area contributed by atoms with E-state index < -0.39 is 21.1 Å². The van der Waals surface area contributed by atoms with Crippen molar-refractivity contribution < 1.29 is 10.0 Å². The fourth-order valence-corrected chi connectivity index (χ4v) is 2.17. The van der Waals surface area contributed by atoms with Gasteiger partial charge in [-0.2, -0.15) is 0 Å². The van der Waals surface area contributed by atoms with Crippen LogP contribution in [0.4, 0.5) is 5.69 Å². The molecule has 0 aliphatic heterocycles. The van der Waals surface area contributed by atoms with Crippen LogP contribution in [0.5, 0.6) is 5.06 Å². The quantitative estimate of drug-likeness (QED) is 0.591. The normalized spacial score (nSPS) is 10.4. The number of nitrogens with zero attached hydrogens (tertiary/aromatic N) is 1. The molecule has 1 N–H and O–H groups in total. The fraction of sp³-hybridized carbons (Fsp3) is 0. The predicted molar refractivity (Wildman–Crippen MR) is 56.4 cm³/mol. The second-order valence-corrected chi connectivity index (χ2v) is 3.87. The minimum Gasteiger partial charge on any atom is -0.495 e. The van der Waals surface area contributed by atoms with Gasteiger partial charge in [-0.15, -0.1) is 0 Å². The van der Waals surface area contributed by atoms with E-state index in [1.54, 1.807) is 18.2 Å². The highest BCUT2D eigenvalue weighted by Gasteiger charge is 2.21. The third-order valence-electron chi connectivity index (χ3n) is 1.94. The molecular formula is C9H5NO4S. The Labute approximate surface area is 87.4 Å². The van der Waals surface area contributed by atoms with E-state index in [1.807, 2.05) is 0 Å². The Morgan fingerprint density at radius 1 is 1.33 bits per heavy atom. The third-order valence-corrected chi connectivity index (χ3v) is 2.90. The Morgan fingerprint density at radius 3 is 2.67 bits per heavy atom. The van der Waals surface area contributed by atoms with Gasteiger partial charge in [0.05, 0.1) is 4.92 Å². The van der Waals surface area contributed by atoms with E-state index in [1.165, 1.54) is 6.07 Å². The van der Waals surface area contributed by atoms with Gasteiger partial charge in [-0.05, 0) is 12.1 Å². The van der Waals surface area contributed by atoms with Gasteiger partial charge in [0.15, 0.2) is 0 Å². The largest absolute Gasteiger partial charge is 0.495 e. The average Bonchev–Trinajstić information content (AvgIpc) is 2.17. The van der Waals surface area contributed by atoms with E-state index in [-0.39, 0.29) is 5.39 Å². The highest BCUT2D eigenvalue weighted by atomic mass is 32.1. The molecule has 6 heteroatoms. The maximum absolute atomic E-state index is 11.6. The van der Waals surface area contributed by atoms with Gasteiger partial charge in [0.25, 0.3) is 10.5 Å². The lowest BCUT2D eigenvalue weighted by atomic mass is 10.2. The van der Waals surface area contributed by atoms with Gasteiger partial charge < -0.3 is 5.11 Å². The third kappa shape index (κ3) is 1.44. The maximum atomic E-state index is 11.6. The lowest BCUT2D eigenvalue weighted by Crippen LogP contribution is -2.07. The smallest absolute Gasteiger partial charge is 0.368 e. The zero-order chi connectivity index (χ0) is 11.0. The van der Waals surface area contributed by atoms with Gasteiger partial charge in [0.1, 0.15) is 0 Å². The summed E-state index contributed by atoms with van der Waals surface area (Å²) in [6.45, 7) is 0. The van der Waals surface area contributed by atoms with E-state index in [9.17, 15) is 20.0 Å². The van der Waals surface area contributed by atoms with Crippen LogP contribution in [0, 0.1) is 10.1 Å². The van der Waals surface area contributed by atoms with Gasteiger partial charge in [0, 0.05) is 10.1 Å². The van der Waals surface area contributed by atoms with Crippen LogP contribution < -0.4 is 5.43 Å². The Morgan fingerprint density at radius 2 is 2.00 bits per heavy atom. The minimum atomic E-state index is -0.861. The standard InChI is InChI=1S/C9H5NO4S/c11-8-5-3-1-2-4-6(5)15-9(12)7(8)10(13)14/h1-4,12H. The van der Waals surface area contributed by atoms with Crippen LogP contribution in [-0.4, -0.2) is 10.0 Å². The van der Waals surface area contributed by atoms with Crippen molar-refractivity contribution in [3.05, 3.63) is 44.6 Å². The molecule has 1 aromatic carbocycles. The first-order chi connectivity index (χ1) is 7.11. The Balaban J connectivity index is 2.97. The Kier molecular flexibility index (Phi) is 2.12. The number of hydrogen-bond acceptors (Lipinski definition) is 5. The number of aromatic hydroxyl groups is 1. The lowest BCUT2D eigenvalue weighted by molar-refractivity contribution is -0.386. The first kappa shape index (κ1) is 9.60. The van der Waals surface area contributed by atoms with Gasteiger partial charge in [-0.1, -0.05) is 23.5 Å². The lowest BCUT2D eigenvalue weighted by Gasteiger charge is -1.97. The van der Waals surface area contributed by atoms with Crippen LogP contribution in [0.2, 0.25) is 0 Å². The van der Waals surface area contributed by atoms with Crippen LogP contribution in [0.25, 0.3) is 10.1 Å². The molecule has 0 amide bonds. The number of hydrogen-bond donors (Lipinski definition) is 1. The van der Waals surface area contributed by atoms with E-state index in [2.05, 4.69) is 0 Å². The van der Waals surface area contributed by atoms with Gasteiger partial charge in [-0.25, -0.2) is 0 Å². The molecule has 0 unspecified atom stereocenters. The van der Waals surface area contributed by atoms with E-state index in [4.69, 9.17) is 0 Å². The van der Waals surface area contributed by atoms with Crippen molar-refractivity contribution in [1.82, 2.24) is 0 Å². The van der Waals surface area contributed by atoms with E-state index >= 15 is 0 Å². The molecular weight excluding hydrogens is 218 g/mol. The molecule has 0 bridgehead atoms. The second-order valence-electron chi connectivity index (χ2n) is 2.84. The zero-order valence-electron chi connectivity index (χ0n) is 7.34. The number of fused-ring (bicyclic) bond motifs is 1. The van der Waals surface area contributed by atoms with Crippen molar-refractivity contribution in [3.8, 4) is 5.06 Å². The molecule has 0 saturated carbocycles. The summed E-state index contributed by atoms with van der Waals surface area (Å²) in [5, 5.41) is 19.6. The number of rotatable bonds is 1. The monoisotopic (exact) mass is 223 g/mol. The van der Waals surface area contributed by atoms with Crippen molar-refractivity contribution >= 4 is 27.1 Å². The maximum Gasteiger partial charge on any atom is 0.368 e. The summed E-state index contributed by atoms with van der Waals surface area (Å²) in [4.78, 5) is 21.3. The van der Waals surface area contributed by atoms with Crippen molar-refractivity contribution in [2.24, 2.45) is 0 Å². The summed E-state index contributed by atoms with van der Waals surface area (Å²) in [6.07, 6.45) is 0. The number of nitro groups is 1. The van der Waals surface area contributed by atoms with Gasteiger partial charge >= 0.3 is 5.69 Å². The summed E-state index contributed by atoms with van der Waals surface area (Å²) in [5.41, 5.74) is -1.49. The minimum absolute atomic E-state index is 0.256. The average molecular weight is 223 g/mol. The molecule has 0 fully saturated rings. The van der Waals surface area contributed by atoms with Gasteiger partial charge in [0.2, 0.25) is 0 Å². The molecule has 0 saturated heterocycles. The molecule has 1 aromatic heterocycles. The first-order valence-corrected chi connectivity index (χ1v) is 4.82. The van der Waals surface area contributed by atoms with E-state index in [0.29, 0.717) is 4.70 Å². The van der Waals surface area contributed by atoms with Gasteiger partial charge in [-0.3, -0.25) is 14.9 Å². The SMILES string of the molecule is O=c1c([N+](=O)[O-])c(O)sc2ccccc12. The van der Waals surface area contributed by atoms with Crippen LogP contribution in [0.1, 0.15) is 0 Å². The molecule has 0 radical (unpaired) electrons. The molecule has 2 rings (SSSR count). The van der Waals surface area contributed by atoms with Crippen LogP contribution in [0.3, 0.4) is 0 Å². The van der Waals surface area contributed by atoms with Crippen molar-refractivity contribution in [3.63, 3.8) is 0 Å². The highest BCUT2D eigenvalue weighted by Crippen LogP contribution is 2.31. The summed E-state index contributed by atoms with van der Waals surface area (Å²) in [6, 6.07) is 6.45. The van der Waals surface area contributed by atoms with Crippen molar-refractivity contribution in [1.29, 1.82) is 0 Å². The molecule has 5 nitrogen and oxygen atoms in total. The molecule has 0 aliphatic carbocycles. The van der Waals surface area contributed by atoms with Crippen LogP contribution in [-0.2, 0) is 0 Å². The highest BCUT2D eigenvalue weighted by molar-refractivity contribution is 7.20. The second kappa shape index (κ2) is 3.32. The first-order valence-electron chi connectivity index (χ1n) is 4.00. The topological polar surface area (TPSA) is 80.4 Å². The Bertz CT molecular complexity index is 605. The van der Waals surface area contributed by atoms with Crippen LogP contribution >= 0.6 is 11.3 Å². The van der Waals surface area contributed by atoms with E-state index in [0.717, 1.165) is 11.3 Å². The van der Waals surface area contributed by atoms with Crippen molar-refractivity contribution in [2.75, 3.05) is 0 Å². The summed E-state index contributed by atoms with van der Waals surface area (Å²) in [7, 11) is 0. The van der Waals surface area contributed by atoms with Crippen molar-refractivity contribution in [2.45, 2.75) is 0 Å². The molecule has 0 atom stereocenters. The predicted octanol–water partition coefficient (Wildman–Crippen LogP) is 1.88. The molecule has 1 heterocycles. The number of benzene rings is 1. The zero-order valence-corrected chi connectivity index (χ0v) is 8.15. The molecule has 0 spiro atoms. The Hall–Kier alpha value is -1.95. The fourth-order valence-electron chi connectivity index (χ4n) is 1.28. The molecule has 15 heavy (non-hydrogen) atoms. The summed E-state index contributed by atoms with van der Waals surface area (Å²) >= 11 is 0.825. The van der Waals surface area contributed by atoms with Crippen LogP contribution in [0.15, 0.2) is 29.1 Å².